The van der Waals surface area contributed by atoms with Gasteiger partial charge >= 0.3 is 0 Å². The molecular formula is C19H20O3. The molecule has 3 heteroatoms. The van der Waals surface area contributed by atoms with E-state index in [0.717, 1.165) is 16.9 Å². The lowest BCUT2D eigenvalue weighted by atomic mass is 10.0. The highest BCUT2D eigenvalue weighted by molar-refractivity contribution is 6.07. The van der Waals surface area contributed by atoms with Crippen LogP contribution >= 0.6 is 0 Å². The fourth-order valence-electron chi connectivity index (χ4n) is 2.11. The van der Waals surface area contributed by atoms with Gasteiger partial charge < -0.3 is 9.47 Å². The maximum Gasteiger partial charge on any atom is 0.185 e. The molecule has 0 saturated heterocycles. The first kappa shape index (κ1) is 15.8. The largest absolute Gasteiger partial charge is 0.497 e. The average molecular weight is 296 g/mol. The lowest BCUT2D eigenvalue weighted by Gasteiger charge is -2.07. The van der Waals surface area contributed by atoms with Gasteiger partial charge in [0, 0.05) is 17.2 Å². The molecule has 0 N–H and O–H groups in total. The van der Waals surface area contributed by atoms with Crippen LogP contribution in [0.2, 0.25) is 0 Å². The molecule has 22 heavy (non-hydrogen) atoms. The van der Waals surface area contributed by atoms with Gasteiger partial charge in [0.2, 0.25) is 0 Å². The highest BCUT2D eigenvalue weighted by atomic mass is 16.5. The molecule has 0 aromatic heterocycles. The Labute approximate surface area is 131 Å². The highest BCUT2D eigenvalue weighted by Crippen LogP contribution is 2.25. The van der Waals surface area contributed by atoms with Crippen molar-refractivity contribution in [2.45, 2.75) is 13.8 Å². The zero-order chi connectivity index (χ0) is 16.1. The summed E-state index contributed by atoms with van der Waals surface area (Å²) in [5, 5.41) is 0. The van der Waals surface area contributed by atoms with Crippen molar-refractivity contribution in [1.29, 1.82) is 0 Å². The SMILES string of the molecule is COc1ccc(/C=C/C(=O)c2ccc(C)c(C)c2)c(OC)c1. The summed E-state index contributed by atoms with van der Waals surface area (Å²) in [6.07, 6.45) is 3.32. The molecule has 2 aromatic rings. The second-order valence-electron chi connectivity index (χ2n) is 5.10. The predicted molar refractivity (Wildman–Crippen MR) is 88.8 cm³/mol. The summed E-state index contributed by atoms with van der Waals surface area (Å²) in [5.41, 5.74) is 3.81. The molecule has 0 atom stereocenters. The minimum Gasteiger partial charge on any atom is -0.497 e. The van der Waals surface area contributed by atoms with Crippen LogP contribution < -0.4 is 9.47 Å². The Balaban J connectivity index is 2.24. The van der Waals surface area contributed by atoms with Gasteiger partial charge in [-0.1, -0.05) is 12.1 Å². The maximum atomic E-state index is 12.3. The molecule has 0 aliphatic carbocycles. The first-order chi connectivity index (χ1) is 10.5. The summed E-state index contributed by atoms with van der Waals surface area (Å²) in [7, 11) is 3.20. The Morgan fingerprint density at radius 3 is 2.36 bits per heavy atom. The lowest BCUT2D eigenvalue weighted by molar-refractivity contribution is 0.104. The summed E-state index contributed by atoms with van der Waals surface area (Å²) in [5.74, 6) is 1.36. The summed E-state index contributed by atoms with van der Waals surface area (Å²) >= 11 is 0. The van der Waals surface area contributed by atoms with Crippen LogP contribution in [-0.2, 0) is 0 Å². The fourth-order valence-corrected chi connectivity index (χ4v) is 2.11. The third-order valence-electron chi connectivity index (χ3n) is 3.65. The third kappa shape index (κ3) is 3.55. The molecule has 0 amide bonds. The number of ether oxygens (including phenoxy) is 2. The Bertz CT molecular complexity index is 715. The summed E-state index contributed by atoms with van der Waals surface area (Å²) in [6, 6.07) is 11.2. The molecule has 0 fully saturated rings. The second kappa shape index (κ2) is 6.94. The van der Waals surface area contributed by atoms with Crippen LogP contribution in [0, 0.1) is 13.8 Å². The molecule has 2 aromatic carbocycles. The van der Waals surface area contributed by atoms with Gasteiger partial charge in [-0.25, -0.2) is 0 Å². The van der Waals surface area contributed by atoms with E-state index in [2.05, 4.69) is 0 Å². The van der Waals surface area contributed by atoms with Crippen LogP contribution in [0.4, 0.5) is 0 Å². The molecule has 0 saturated carbocycles. The highest BCUT2D eigenvalue weighted by Gasteiger charge is 2.05. The molecule has 0 heterocycles. The second-order valence-corrected chi connectivity index (χ2v) is 5.10. The molecule has 0 aliphatic heterocycles. The van der Waals surface area contributed by atoms with Crippen molar-refractivity contribution in [3.63, 3.8) is 0 Å². The van der Waals surface area contributed by atoms with E-state index in [1.807, 2.05) is 44.2 Å². The van der Waals surface area contributed by atoms with Gasteiger partial charge in [-0.05, 0) is 55.3 Å². The van der Waals surface area contributed by atoms with Crippen LogP contribution in [0.5, 0.6) is 11.5 Å². The number of ketones is 1. The van der Waals surface area contributed by atoms with E-state index < -0.39 is 0 Å². The molecule has 0 aliphatic rings. The number of rotatable bonds is 5. The van der Waals surface area contributed by atoms with Gasteiger partial charge in [0.1, 0.15) is 11.5 Å². The van der Waals surface area contributed by atoms with Crippen molar-refractivity contribution in [3.05, 3.63) is 64.7 Å². The van der Waals surface area contributed by atoms with Crippen LogP contribution in [0.25, 0.3) is 6.08 Å². The number of aryl methyl sites for hydroxylation is 2. The maximum absolute atomic E-state index is 12.3. The quantitative estimate of drug-likeness (QED) is 0.612. The van der Waals surface area contributed by atoms with Crippen molar-refractivity contribution in [3.8, 4) is 11.5 Å². The zero-order valence-corrected chi connectivity index (χ0v) is 13.3. The Hall–Kier alpha value is -2.55. The van der Waals surface area contributed by atoms with E-state index in [9.17, 15) is 4.79 Å². The Kier molecular flexibility index (Phi) is 4.99. The van der Waals surface area contributed by atoms with Crippen LogP contribution in [-0.4, -0.2) is 20.0 Å². The molecule has 3 nitrogen and oxygen atoms in total. The fraction of sp³-hybridized carbons (Fsp3) is 0.211. The number of benzene rings is 2. The summed E-state index contributed by atoms with van der Waals surface area (Å²) in [4.78, 5) is 12.3. The van der Waals surface area contributed by atoms with Gasteiger partial charge in [-0.3, -0.25) is 4.79 Å². The first-order valence-electron chi connectivity index (χ1n) is 7.07. The number of carbonyl (C=O) groups excluding carboxylic acids is 1. The minimum absolute atomic E-state index is 0.0269. The molecule has 0 radical (unpaired) electrons. The summed E-state index contributed by atoms with van der Waals surface area (Å²) < 4.78 is 10.5. The van der Waals surface area contributed by atoms with Gasteiger partial charge in [0.25, 0.3) is 0 Å². The van der Waals surface area contributed by atoms with Gasteiger partial charge in [-0.2, -0.15) is 0 Å². The minimum atomic E-state index is -0.0269. The van der Waals surface area contributed by atoms with Crippen molar-refractivity contribution in [2.24, 2.45) is 0 Å². The first-order valence-corrected chi connectivity index (χ1v) is 7.07. The number of carbonyl (C=O) groups is 1. The number of methoxy groups -OCH3 is 2. The van der Waals surface area contributed by atoms with E-state index in [-0.39, 0.29) is 5.78 Å². The van der Waals surface area contributed by atoms with Crippen LogP contribution in [0.3, 0.4) is 0 Å². The van der Waals surface area contributed by atoms with E-state index in [4.69, 9.17) is 9.47 Å². The van der Waals surface area contributed by atoms with Crippen LogP contribution in [0.15, 0.2) is 42.5 Å². The zero-order valence-electron chi connectivity index (χ0n) is 13.3. The molecule has 2 rings (SSSR count). The molecule has 0 unspecified atom stereocenters. The van der Waals surface area contributed by atoms with Crippen molar-refractivity contribution < 1.29 is 14.3 Å². The van der Waals surface area contributed by atoms with E-state index in [0.29, 0.717) is 11.3 Å². The third-order valence-corrected chi connectivity index (χ3v) is 3.65. The average Bonchev–Trinajstić information content (AvgIpc) is 2.54. The molecule has 114 valence electrons. The number of hydrogen-bond donors (Lipinski definition) is 0. The van der Waals surface area contributed by atoms with Crippen molar-refractivity contribution in [1.82, 2.24) is 0 Å². The lowest BCUT2D eigenvalue weighted by Crippen LogP contribution is -1.96. The van der Waals surface area contributed by atoms with Gasteiger partial charge in [0.15, 0.2) is 5.78 Å². The smallest absolute Gasteiger partial charge is 0.185 e. The summed E-state index contributed by atoms with van der Waals surface area (Å²) in [6.45, 7) is 4.03. The van der Waals surface area contributed by atoms with Crippen LogP contribution in [0.1, 0.15) is 27.0 Å². The topological polar surface area (TPSA) is 35.5 Å². The van der Waals surface area contributed by atoms with Crippen molar-refractivity contribution >= 4 is 11.9 Å². The Morgan fingerprint density at radius 2 is 1.73 bits per heavy atom. The predicted octanol–water partition coefficient (Wildman–Crippen LogP) is 4.22. The normalized spacial score (nSPS) is 10.7. The molecule has 0 spiro atoms. The van der Waals surface area contributed by atoms with Gasteiger partial charge in [0.05, 0.1) is 14.2 Å². The number of allylic oxidation sites excluding steroid dienone is 1. The molecule has 0 bridgehead atoms. The number of hydrogen-bond acceptors (Lipinski definition) is 3. The van der Waals surface area contributed by atoms with E-state index >= 15 is 0 Å². The molecular weight excluding hydrogens is 276 g/mol. The van der Waals surface area contributed by atoms with E-state index in [1.54, 1.807) is 32.4 Å². The monoisotopic (exact) mass is 296 g/mol. The van der Waals surface area contributed by atoms with Crippen molar-refractivity contribution in [2.75, 3.05) is 14.2 Å². The standard InChI is InChI=1S/C19H20O3/c1-13-5-6-16(11-14(13)2)18(20)10-8-15-7-9-17(21-3)12-19(15)22-4/h5-12H,1-4H3/b10-8+. The Morgan fingerprint density at radius 1 is 0.955 bits per heavy atom. The van der Waals surface area contributed by atoms with Gasteiger partial charge in [-0.15, -0.1) is 0 Å². The van der Waals surface area contributed by atoms with E-state index in [1.165, 1.54) is 5.56 Å².